The Kier molecular flexibility index (Phi) is 6.41. The molecule has 0 aliphatic heterocycles. The van der Waals surface area contributed by atoms with E-state index in [9.17, 15) is 17.7 Å². The van der Waals surface area contributed by atoms with Crippen molar-refractivity contribution < 1.29 is 74.2 Å². The predicted octanol–water partition coefficient (Wildman–Crippen LogP) is -0.307. The molecular weight excluding hydrogens is 277 g/mol. The minimum Gasteiger partial charge on any atom is -0.478 e. The van der Waals surface area contributed by atoms with E-state index in [1.165, 1.54) is 0 Å². The average Bonchev–Trinajstić information content (AvgIpc) is 2.19. The average molecular weight is 283 g/mol. The van der Waals surface area contributed by atoms with Gasteiger partial charge in [-0.15, -0.1) is 5.46 Å². The van der Waals surface area contributed by atoms with Gasteiger partial charge in [-0.2, -0.15) is 0 Å². The molecule has 10 heteroatoms. The maximum absolute atomic E-state index is 12.6. The standard InChI is InChI=1S/C8H6BF3N3O2.K/c1-4-6(9(10,11)12)2-5(8(16)17)3-7(4)14-15-13;/h2-3H,1H3,(H,16,17);/q-1;+1. The predicted molar refractivity (Wildman–Crippen MR) is 55.7 cm³/mol. The smallest absolute Gasteiger partial charge is 0.478 e. The first-order valence-electron chi connectivity index (χ1n) is 4.40. The zero-order chi connectivity index (χ0) is 13.2. The van der Waals surface area contributed by atoms with Crippen molar-refractivity contribution in [2.45, 2.75) is 6.92 Å². The van der Waals surface area contributed by atoms with Gasteiger partial charge in [0.1, 0.15) is 0 Å². The van der Waals surface area contributed by atoms with Crippen molar-refractivity contribution >= 4 is 24.1 Å². The molecule has 1 rings (SSSR count). The number of carbonyl (C=O) groups is 1. The van der Waals surface area contributed by atoms with Crippen molar-refractivity contribution in [2.24, 2.45) is 5.11 Å². The summed E-state index contributed by atoms with van der Waals surface area (Å²) in [7, 11) is 0. The van der Waals surface area contributed by atoms with Crippen LogP contribution in [0.4, 0.5) is 18.6 Å². The molecule has 0 radical (unpaired) electrons. The van der Waals surface area contributed by atoms with Crippen LogP contribution in [0.15, 0.2) is 17.2 Å². The number of hydrogen-bond acceptors (Lipinski definition) is 2. The van der Waals surface area contributed by atoms with Crippen molar-refractivity contribution in [3.8, 4) is 0 Å². The summed E-state index contributed by atoms with van der Waals surface area (Å²) in [6.07, 6.45) is 0. The van der Waals surface area contributed by atoms with E-state index in [0.717, 1.165) is 13.0 Å². The summed E-state index contributed by atoms with van der Waals surface area (Å²) in [6, 6.07) is 1.44. The van der Waals surface area contributed by atoms with Crippen molar-refractivity contribution in [1.82, 2.24) is 0 Å². The molecule has 0 aliphatic rings. The van der Waals surface area contributed by atoms with Crippen LogP contribution in [-0.4, -0.2) is 18.1 Å². The van der Waals surface area contributed by atoms with E-state index in [1.807, 2.05) is 0 Å². The van der Waals surface area contributed by atoms with Crippen LogP contribution in [0.25, 0.3) is 10.4 Å². The summed E-state index contributed by atoms with van der Waals surface area (Å²) in [5.74, 6) is -1.51. The summed E-state index contributed by atoms with van der Waals surface area (Å²) in [4.78, 5) is 13.0. The van der Waals surface area contributed by atoms with Crippen LogP contribution >= 0.6 is 0 Å². The number of nitrogens with zero attached hydrogens (tertiary/aromatic N) is 3. The van der Waals surface area contributed by atoms with Crippen LogP contribution in [0.5, 0.6) is 0 Å². The van der Waals surface area contributed by atoms with Gasteiger partial charge >= 0.3 is 64.3 Å². The van der Waals surface area contributed by atoms with E-state index in [-0.39, 0.29) is 62.6 Å². The first-order valence-corrected chi connectivity index (χ1v) is 4.40. The normalized spacial score (nSPS) is 10.2. The SMILES string of the molecule is Cc1c(N=[N+]=[N-])cc(C(=O)O)cc1[B-](F)(F)F.[K+]. The van der Waals surface area contributed by atoms with Crippen molar-refractivity contribution in [3.05, 3.63) is 33.7 Å². The summed E-state index contributed by atoms with van der Waals surface area (Å²) in [5.41, 5.74) is 5.97. The van der Waals surface area contributed by atoms with Crippen molar-refractivity contribution in [2.75, 3.05) is 0 Å². The Hall–Kier alpha value is -0.509. The van der Waals surface area contributed by atoms with E-state index in [2.05, 4.69) is 10.0 Å². The second-order valence-corrected chi connectivity index (χ2v) is 3.28. The molecule has 0 aliphatic carbocycles. The van der Waals surface area contributed by atoms with E-state index < -0.39 is 24.0 Å². The molecule has 0 saturated carbocycles. The van der Waals surface area contributed by atoms with Crippen LogP contribution in [0.2, 0.25) is 0 Å². The second-order valence-electron chi connectivity index (χ2n) is 3.28. The fourth-order valence-electron chi connectivity index (χ4n) is 1.34. The molecule has 1 N–H and O–H groups in total. The monoisotopic (exact) mass is 283 g/mol. The van der Waals surface area contributed by atoms with Crippen molar-refractivity contribution in [1.29, 1.82) is 0 Å². The van der Waals surface area contributed by atoms with E-state index in [4.69, 9.17) is 10.6 Å². The van der Waals surface area contributed by atoms with Crippen LogP contribution < -0.4 is 56.8 Å². The molecule has 0 bridgehead atoms. The number of aromatic carboxylic acids is 1. The Labute approximate surface area is 142 Å². The summed E-state index contributed by atoms with van der Waals surface area (Å²) < 4.78 is 37.9. The number of rotatable bonds is 3. The van der Waals surface area contributed by atoms with Gasteiger partial charge in [0.25, 0.3) is 0 Å². The Bertz CT molecular complexity index is 529. The maximum Gasteiger partial charge on any atom is 1.00 e. The molecule has 0 spiro atoms. The fourth-order valence-corrected chi connectivity index (χ4v) is 1.34. The molecule has 5 nitrogen and oxygen atoms in total. The first-order chi connectivity index (χ1) is 7.77. The van der Waals surface area contributed by atoms with Gasteiger partial charge in [0.2, 0.25) is 0 Å². The maximum atomic E-state index is 12.6. The molecule has 90 valence electrons. The fraction of sp³-hybridized carbons (Fsp3) is 0.125. The number of hydrogen-bond donors (Lipinski definition) is 1. The third-order valence-corrected chi connectivity index (χ3v) is 2.17. The topological polar surface area (TPSA) is 86.1 Å². The minimum absolute atomic E-state index is 0. The van der Waals surface area contributed by atoms with Gasteiger partial charge in [0, 0.05) is 10.6 Å². The van der Waals surface area contributed by atoms with E-state index in [0.29, 0.717) is 6.07 Å². The molecule has 0 amide bonds. The largest absolute Gasteiger partial charge is 1.00 e. The van der Waals surface area contributed by atoms with Crippen LogP contribution in [-0.2, 0) is 0 Å². The first kappa shape index (κ1) is 17.5. The zero-order valence-corrected chi connectivity index (χ0v) is 12.7. The zero-order valence-electron chi connectivity index (χ0n) is 9.56. The Balaban J connectivity index is 0.00000289. The number of halogens is 3. The number of carboxylic acids is 1. The quantitative estimate of drug-likeness (QED) is 0.357. The molecule has 0 atom stereocenters. The van der Waals surface area contributed by atoms with Gasteiger partial charge in [-0.05, 0) is 18.5 Å². The Morgan fingerprint density at radius 3 is 2.39 bits per heavy atom. The Morgan fingerprint density at radius 2 is 2.00 bits per heavy atom. The van der Waals surface area contributed by atoms with Crippen LogP contribution in [0, 0.1) is 6.92 Å². The van der Waals surface area contributed by atoms with Gasteiger partial charge in [0.05, 0.1) is 5.56 Å². The van der Waals surface area contributed by atoms with Crippen molar-refractivity contribution in [3.63, 3.8) is 0 Å². The summed E-state index contributed by atoms with van der Waals surface area (Å²) in [5, 5.41) is 11.7. The molecule has 0 heterocycles. The molecular formula is C8H6BF3KN3O2. The molecule has 0 saturated heterocycles. The van der Waals surface area contributed by atoms with Gasteiger partial charge in [-0.1, -0.05) is 16.7 Å². The van der Waals surface area contributed by atoms with Gasteiger partial charge in [0.15, 0.2) is 0 Å². The van der Waals surface area contributed by atoms with Gasteiger partial charge < -0.3 is 18.1 Å². The number of benzene rings is 1. The summed E-state index contributed by atoms with van der Waals surface area (Å²) >= 11 is 0. The second kappa shape index (κ2) is 6.60. The minimum atomic E-state index is -5.36. The van der Waals surface area contributed by atoms with Gasteiger partial charge in [-0.25, -0.2) is 4.79 Å². The van der Waals surface area contributed by atoms with Crippen LogP contribution in [0.3, 0.4) is 0 Å². The third-order valence-electron chi connectivity index (χ3n) is 2.17. The van der Waals surface area contributed by atoms with E-state index >= 15 is 0 Å². The molecule has 1 aromatic rings. The van der Waals surface area contributed by atoms with Gasteiger partial charge in [-0.3, -0.25) is 0 Å². The molecule has 18 heavy (non-hydrogen) atoms. The molecule has 0 unspecified atom stereocenters. The number of carboxylic acid groups (broad SMARTS) is 1. The Morgan fingerprint density at radius 1 is 1.44 bits per heavy atom. The molecule has 1 aromatic carbocycles. The number of azide groups is 1. The van der Waals surface area contributed by atoms with Crippen LogP contribution in [0.1, 0.15) is 15.9 Å². The molecule has 0 fully saturated rings. The third kappa shape index (κ3) is 4.01. The van der Waals surface area contributed by atoms with E-state index in [1.54, 1.807) is 0 Å². The summed E-state index contributed by atoms with van der Waals surface area (Å²) in [6.45, 7) is -4.23. The molecule has 0 aromatic heterocycles.